The van der Waals surface area contributed by atoms with Crippen LogP contribution in [0.3, 0.4) is 0 Å². The van der Waals surface area contributed by atoms with Crippen molar-refractivity contribution in [3.8, 4) is 16.9 Å². The van der Waals surface area contributed by atoms with Crippen LogP contribution in [0.2, 0.25) is 5.02 Å². The number of nitrogens with one attached hydrogen (secondary N) is 2. The van der Waals surface area contributed by atoms with Crippen molar-refractivity contribution in [2.75, 3.05) is 13.1 Å². The molecule has 3 N–H and O–H groups in total. The molecule has 4 aromatic rings. The van der Waals surface area contributed by atoms with Gasteiger partial charge in [-0.2, -0.15) is 0 Å². The van der Waals surface area contributed by atoms with E-state index in [4.69, 9.17) is 16.3 Å². The van der Waals surface area contributed by atoms with E-state index in [2.05, 4.69) is 15.0 Å². The summed E-state index contributed by atoms with van der Waals surface area (Å²) in [5.41, 5.74) is 3.54. The standard InChI is InChI=1S/C30H28ClN3O5S/c31-25-10-6-20(7-11-25)30(36)34-40(37,38)27-5-1-3-21(16-27)22-9-13-29-23(15-22)8-12-26(39-29)18-33-19-28(35)24-4-2-14-32-17-24/h1-7,9-11,13-17,26,28,33,35H,8,12,18-19H2,(H,34,36)/t26-,28+/m1/s1. The van der Waals surface area contributed by atoms with E-state index in [0.29, 0.717) is 23.7 Å². The maximum Gasteiger partial charge on any atom is 0.264 e. The maximum absolute atomic E-state index is 12.9. The van der Waals surface area contributed by atoms with Gasteiger partial charge in [0.1, 0.15) is 11.9 Å². The van der Waals surface area contributed by atoms with Crippen LogP contribution in [0.15, 0.2) is 96.2 Å². The quantitative estimate of drug-likeness (QED) is 0.267. The molecule has 5 rings (SSSR count). The molecule has 0 saturated heterocycles. The third-order valence-corrected chi connectivity index (χ3v) is 8.26. The number of aromatic nitrogens is 1. The van der Waals surface area contributed by atoms with Gasteiger partial charge in [-0.25, -0.2) is 13.1 Å². The van der Waals surface area contributed by atoms with Gasteiger partial charge in [0.25, 0.3) is 15.9 Å². The molecule has 2 atom stereocenters. The van der Waals surface area contributed by atoms with Crippen molar-refractivity contribution in [3.05, 3.63) is 113 Å². The Hall–Kier alpha value is -3.76. The lowest BCUT2D eigenvalue weighted by Crippen LogP contribution is -2.36. The molecule has 0 bridgehead atoms. The van der Waals surface area contributed by atoms with E-state index in [1.807, 2.05) is 30.3 Å². The number of aliphatic hydroxyl groups is 1. The second-order valence-electron chi connectivity index (χ2n) is 9.53. The predicted molar refractivity (Wildman–Crippen MR) is 153 cm³/mol. The Balaban J connectivity index is 1.22. The number of aryl methyl sites for hydroxylation is 1. The SMILES string of the molecule is O=C(NS(=O)(=O)c1cccc(-c2ccc3c(c2)CC[C@H](CNC[C@H](O)c2cccnc2)O3)c1)c1ccc(Cl)cc1. The fraction of sp³-hybridized carbons (Fsp3) is 0.200. The molecule has 3 aromatic carbocycles. The van der Waals surface area contributed by atoms with Crippen molar-refractivity contribution < 1.29 is 23.1 Å². The van der Waals surface area contributed by atoms with E-state index >= 15 is 0 Å². The number of carbonyl (C=O) groups is 1. The first-order valence-electron chi connectivity index (χ1n) is 12.8. The number of hydrogen-bond donors (Lipinski definition) is 3. The number of hydrogen-bond acceptors (Lipinski definition) is 7. The molecular formula is C30H28ClN3O5S. The second kappa shape index (κ2) is 12.2. The van der Waals surface area contributed by atoms with Gasteiger partial charge in [-0.05, 0) is 84.1 Å². The number of aliphatic hydroxyl groups excluding tert-OH is 1. The smallest absolute Gasteiger partial charge is 0.264 e. The zero-order valence-electron chi connectivity index (χ0n) is 21.5. The number of fused-ring (bicyclic) bond motifs is 1. The summed E-state index contributed by atoms with van der Waals surface area (Å²) < 4.78 is 34.2. The number of nitrogens with zero attached hydrogens (tertiary/aromatic N) is 1. The van der Waals surface area contributed by atoms with E-state index < -0.39 is 22.0 Å². The summed E-state index contributed by atoms with van der Waals surface area (Å²) in [7, 11) is -4.09. The molecule has 1 aliphatic heterocycles. The van der Waals surface area contributed by atoms with Gasteiger partial charge >= 0.3 is 0 Å². The molecular weight excluding hydrogens is 550 g/mol. The topological polar surface area (TPSA) is 118 Å². The minimum Gasteiger partial charge on any atom is -0.489 e. The highest BCUT2D eigenvalue weighted by Gasteiger charge is 2.22. The molecule has 0 radical (unpaired) electrons. The number of benzene rings is 3. The molecule has 10 heteroatoms. The third-order valence-electron chi connectivity index (χ3n) is 6.68. The van der Waals surface area contributed by atoms with Crippen LogP contribution in [0, 0.1) is 0 Å². The monoisotopic (exact) mass is 577 g/mol. The average Bonchev–Trinajstić information content (AvgIpc) is 2.97. The van der Waals surface area contributed by atoms with Crippen molar-refractivity contribution >= 4 is 27.5 Å². The Morgan fingerprint density at radius 3 is 2.62 bits per heavy atom. The summed E-state index contributed by atoms with van der Waals surface area (Å²) in [6.07, 6.45) is 4.26. The molecule has 1 aromatic heterocycles. The minimum absolute atomic E-state index is 0.0131. The first-order valence-corrected chi connectivity index (χ1v) is 14.7. The van der Waals surface area contributed by atoms with E-state index in [9.17, 15) is 18.3 Å². The van der Waals surface area contributed by atoms with Crippen LogP contribution in [0.5, 0.6) is 5.75 Å². The van der Waals surface area contributed by atoms with Gasteiger partial charge in [-0.3, -0.25) is 9.78 Å². The molecule has 0 spiro atoms. The van der Waals surface area contributed by atoms with Crippen molar-refractivity contribution in [2.24, 2.45) is 0 Å². The Labute approximate surface area is 238 Å². The lowest BCUT2D eigenvalue weighted by molar-refractivity contribution is 0.0981. The van der Waals surface area contributed by atoms with Gasteiger partial charge in [0, 0.05) is 41.6 Å². The summed E-state index contributed by atoms with van der Waals surface area (Å²) in [6, 6.07) is 21.9. The van der Waals surface area contributed by atoms with Crippen molar-refractivity contribution in [1.29, 1.82) is 0 Å². The molecule has 40 heavy (non-hydrogen) atoms. The number of carbonyl (C=O) groups excluding carboxylic acids is 1. The average molecular weight is 578 g/mol. The Bertz CT molecular complexity index is 1600. The van der Waals surface area contributed by atoms with Crippen LogP contribution in [0.25, 0.3) is 11.1 Å². The van der Waals surface area contributed by atoms with Crippen LogP contribution >= 0.6 is 11.6 Å². The van der Waals surface area contributed by atoms with E-state index in [-0.39, 0.29) is 16.6 Å². The largest absolute Gasteiger partial charge is 0.489 e. The van der Waals surface area contributed by atoms with Crippen molar-refractivity contribution in [3.63, 3.8) is 0 Å². The lowest BCUT2D eigenvalue weighted by atomic mass is 9.97. The zero-order valence-corrected chi connectivity index (χ0v) is 23.0. The van der Waals surface area contributed by atoms with Crippen LogP contribution in [0.4, 0.5) is 0 Å². The van der Waals surface area contributed by atoms with Gasteiger partial charge in [-0.1, -0.05) is 35.9 Å². The van der Waals surface area contributed by atoms with Crippen LogP contribution in [-0.2, 0) is 16.4 Å². The first kappa shape index (κ1) is 27.8. The lowest BCUT2D eigenvalue weighted by Gasteiger charge is -2.27. The Morgan fingerprint density at radius 1 is 1.05 bits per heavy atom. The number of halogens is 1. The van der Waals surface area contributed by atoms with Gasteiger partial charge in [0.15, 0.2) is 0 Å². The molecule has 2 heterocycles. The third kappa shape index (κ3) is 6.68. The molecule has 8 nitrogen and oxygen atoms in total. The Kier molecular flexibility index (Phi) is 8.46. The van der Waals surface area contributed by atoms with Gasteiger partial charge < -0.3 is 15.2 Å². The van der Waals surface area contributed by atoms with E-state index in [0.717, 1.165) is 35.3 Å². The highest BCUT2D eigenvalue weighted by Crippen LogP contribution is 2.32. The first-order chi connectivity index (χ1) is 19.3. The normalized spacial score (nSPS) is 15.5. The molecule has 0 aliphatic carbocycles. The minimum atomic E-state index is -4.09. The molecule has 1 aliphatic rings. The van der Waals surface area contributed by atoms with Crippen LogP contribution < -0.4 is 14.8 Å². The van der Waals surface area contributed by atoms with Crippen LogP contribution in [-0.4, -0.2) is 43.6 Å². The number of pyridine rings is 1. The van der Waals surface area contributed by atoms with E-state index in [1.165, 1.54) is 30.3 Å². The molecule has 0 saturated carbocycles. The molecule has 0 fully saturated rings. The zero-order chi connectivity index (χ0) is 28.1. The fourth-order valence-corrected chi connectivity index (χ4v) is 5.67. The summed E-state index contributed by atoms with van der Waals surface area (Å²) in [5, 5.41) is 14.0. The summed E-state index contributed by atoms with van der Waals surface area (Å²) in [5.74, 6) is 0.0530. The summed E-state index contributed by atoms with van der Waals surface area (Å²) >= 11 is 5.85. The van der Waals surface area contributed by atoms with Gasteiger partial charge in [-0.15, -0.1) is 0 Å². The van der Waals surface area contributed by atoms with Gasteiger partial charge in [0.05, 0.1) is 11.0 Å². The number of sulfonamides is 1. The highest BCUT2D eigenvalue weighted by atomic mass is 35.5. The number of rotatable bonds is 9. The predicted octanol–water partition coefficient (Wildman–Crippen LogP) is 4.54. The Morgan fingerprint density at radius 2 is 1.85 bits per heavy atom. The summed E-state index contributed by atoms with van der Waals surface area (Å²) in [4.78, 5) is 16.5. The fourth-order valence-electron chi connectivity index (χ4n) is 4.52. The molecule has 0 unspecified atom stereocenters. The molecule has 1 amide bonds. The van der Waals surface area contributed by atoms with Crippen molar-refractivity contribution in [2.45, 2.75) is 29.9 Å². The number of amides is 1. The highest BCUT2D eigenvalue weighted by molar-refractivity contribution is 7.90. The second-order valence-corrected chi connectivity index (χ2v) is 11.6. The van der Waals surface area contributed by atoms with Crippen molar-refractivity contribution in [1.82, 2.24) is 15.0 Å². The van der Waals surface area contributed by atoms with Crippen LogP contribution in [0.1, 0.15) is 34.0 Å². The van der Waals surface area contributed by atoms with Gasteiger partial charge in [0.2, 0.25) is 0 Å². The molecule has 206 valence electrons. The number of ether oxygens (including phenoxy) is 1. The summed E-state index contributed by atoms with van der Waals surface area (Å²) in [6.45, 7) is 0.997. The maximum atomic E-state index is 12.9. The van der Waals surface area contributed by atoms with E-state index in [1.54, 1.807) is 30.6 Å².